The van der Waals surface area contributed by atoms with Gasteiger partial charge in [-0.15, -0.1) is 0 Å². The second-order valence-corrected chi connectivity index (χ2v) is 7.81. The quantitative estimate of drug-likeness (QED) is 0.434. The molecule has 0 aliphatic heterocycles. The highest BCUT2D eigenvalue weighted by molar-refractivity contribution is 5.98. The molecule has 1 aliphatic rings. The van der Waals surface area contributed by atoms with Crippen LogP contribution >= 0.6 is 0 Å². The minimum absolute atomic E-state index is 0. The van der Waals surface area contributed by atoms with Crippen LogP contribution in [-0.2, 0) is 0 Å². The molecule has 1 heterocycles. The van der Waals surface area contributed by atoms with Crippen molar-refractivity contribution in [1.82, 2.24) is 15.6 Å². The SMILES string of the molecule is NC1CCC(NCCNC(=O)c2cc3ccc(-c4ccc(F)cc4)cc3[nH]2)CC1.[Cl-].[H+]. The van der Waals surface area contributed by atoms with Crippen LogP contribution < -0.4 is 28.8 Å². The molecule has 1 aromatic heterocycles. The molecule has 1 amide bonds. The van der Waals surface area contributed by atoms with Crippen molar-refractivity contribution in [2.24, 2.45) is 5.73 Å². The number of carbonyl (C=O) groups excluding carboxylic acids is 1. The topological polar surface area (TPSA) is 82.9 Å². The van der Waals surface area contributed by atoms with Crippen LogP contribution in [0.2, 0.25) is 0 Å². The highest BCUT2D eigenvalue weighted by Gasteiger charge is 2.17. The fraction of sp³-hybridized carbons (Fsp3) is 0.348. The molecule has 30 heavy (non-hydrogen) atoms. The van der Waals surface area contributed by atoms with E-state index in [0.29, 0.717) is 24.3 Å². The summed E-state index contributed by atoms with van der Waals surface area (Å²) in [5, 5.41) is 7.43. The smallest absolute Gasteiger partial charge is 1.00 e. The van der Waals surface area contributed by atoms with Crippen LogP contribution in [0, 0.1) is 5.82 Å². The second-order valence-electron chi connectivity index (χ2n) is 7.81. The van der Waals surface area contributed by atoms with Gasteiger partial charge in [0.1, 0.15) is 11.5 Å². The highest BCUT2D eigenvalue weighted by atomic mass is 35.5. The van der Waals surface area contributed by atoms with Crippen LogP contribution in [0.25, 0.3) is 22.0 Å². The van der Waals surface area contributed by atoms with Crippen molar-refractivity contribution in [2.75, 3.05) is 13.1 Å². The van der Waals surface area contributed by atoms with E-state index in [0.717, 1.165) is 54.3 Å². The van der Waals surface area contributed by atoms with E-state index in [2.05, 4.69) is 15.6 Å². The van der Waals surface area contributed by atoms with Crippen LogP contribution in [0.5, 0.6) is 0 Å². The van der Waals surface area contributed by atoms with Crippen LogP contribution in [0.15, 0.2) is 48.5 Å². The number of nitrogens with one attached hydrogen (secondary N) is 3. The van der Waals surface area contributed by atoms with Gasteiger partial charge in [-0.2, -0.15) is 0 Å². The number of aromatic amines is 1. The molecule has 5 nitrogen and oxygen atoms in total. The Morgan fingerprint density at radius 3 is 2.47 bits per heavy atom. The molecule has 1 aliphatic carbocycles. The van der Waals surface area contributed by atoms with E-state index < -0.39 is 0 Å². The van der Waals surface area contributed by atoms with Crippen molar-refractivity contribution in [3.05, 3.63) is 60.0 Å². The van der Waals surface area contributed by atoms with Crippen molar-refractivity contribution in [3.63, 3.8) is 0 Å². The van der Waals surface area contributed by atoms with Gasteiger partial charge in [-0.3, -0.25) is 4.79 Å². The number of nitrogens with two attached hydrogens (primary N) is 1. The third-order valence-electron chi connectivity index (χ3n) is 5.66. The zero-order valence-electron chi connectivity index (χ0n) is 17.8. The number of amides is 1. The van der Waals surface area contributed by atoms with E-state index in [4.69, 9.17) is 5.73 Å². The summed E-state index contributed by atoms with van der Waals surface area (Å²) in [5.41, 5.74) is 9.27. The van der Waals surface area contributed by atoms with Gasteiger partial charge in [-0.25, -0.2) is 4.39 Å². The first-order chi connectivity index (χ1) is 14.1. The summed E-state index contributed by atoms with van der Waals surface area (Å²) in [6.45, 7) is 1.33. The molecule has 0 radical (unpaired) electrons. The molecule has 1 fully saturated rings. The Kier molecular flexibility index (Phi) is 7.48. The van der Waals surface area contributed by atoms with Gasteiger partial charge in [-0.05, 0) is 61.1 Å². The maximum atomic E-state index is 13.1. The maximum Gasteiger partial charge on any atom is 1.00 e. The predicted octanol–water partition coefficient (Wildman–Crippen LogP) is 0.680. The molecule has 7 heteroatoms. The fourth-order valence-electron chi connectivity index (χ4n) is 3.94. The molecule has 0 atom stereocenters. The molecule has 5 N–H and O–H groups in total. The number of rotatable bonds is 6. The number of benzene rings is 2. The Hall–Kier alpha value is -2.41. The van der Waals surface area contributed by atoms with Crippen LogP contribution in [0.4, 0.5) is 4.39 Å². The Balaban J connectivity index is 0.00000171. The normalized spacial score (nSPS) is 18.7. The molecule has 0 bridgehead atoms. The molecule has 0 saturated heterocycles. The minimum Gasteiger partial charge on any atom is -1.00 e. The zero-order valence-corrected chi connectivity index (χ0v) is 17.5. The number of fused-ring (bicyclic) bond motifs is 1. The van der Waals surface area contributed by atoms with E-state index >= 15 is 0 Å². The van der Waals surface area contributed by atoms with E-state index in [9.17, 15) is 9.18 Å². The van der Waals surface area contributed by atoms with Gasteiger partial charge in [0, 0.05) is 36.1 Å². The molecule has 160 valence electrons. The third kappa shape index (κ3) is 5.39. The largest absolute Gasteiger partial charge is 1.00 e. The Bertz CT molecular complexity index is 987. The van der Waals surface area contributed by atoms with Crippen molar-refractivity contribution in [2.45, 2.75) is 37.8 Å². The molecule has 0 spiro atoms. The van der Waals surface area contributed by atoms with Crippen molar-refractivity contribution >= 4 is 16.8 Å². The number of halogens is 2. The number of H-pyrrole nitrogens is 1. The zero-order chi connectivity index (χ0) is 20.2. The average molecular weight is 431 g/mol. The van der Waals surface area contributed by atoms with Gasteiger partial charge in [0.2, 0.25) is 0 Å². The van der Waals surface area contributed by atoms with Gasteiger partial charge in [0.25, 0.3) is 5.91 Å². The summed E-state index contributed by atoms with van der Waals surface area (Å²) in [7, 11) is 0. The van der Waals surface area contributed by atoms with Crippen LogP contribution in [0.1, 0.15) is 37.6 Å². The van der Waals surface area contributed by atoms with Gasteiger partial charge in [0.05, 0.1) is 0 Å². The van der Waals surface area contributed by atoms with Gasteiger partial charge in [-0.1, -0.05) is 24.3 Å². The Labute approximate surface area is 183 Å². The van der Waals surface area contributed by atoms with Gasteiger partial charge >= 0.3 is 1.43 Å². The lowest BCUT2D eigenvalue weighted by Gasteiger charge is -2.26. The summed E-state index contributed by atoms with van der Waals surface area (Å²) in [6.07, 6.45) is 4.35. The van der Waals surface area contributed by atoms with E-state index in [1.165, 1.54) is 12.1 Å². The second kappa shape index (κ2) is 10.1. The number of aromatic nitrogens is 1. The fourth-order valence-corrected chi connectivity index (χ4v) is 3.94. The van der Waals surface area contributed by atoms with Crippen LogP contribution in [-0.4, -0.2) is 36.1 Å². The summed E-state index contributed by atoms with van der Waals surface area (Å²) in [6, 6.07) is 15.0. The molecule has 1 saturated carbocycles. The first kappa shape index (κ1) is 22.3. The summed E-state index contributed by atoms with van der Waals surface area (Å²) < 4.78 is 13.1. The van der Waals surface area contributed by atoms with Crippen molar-refractivity contribution in [3.8, 4) is 11.1 Å². The van der Waals surface area contributed by atoms with E-state index in [1.807, 2.05) is 24.3 Å². The molecule has 4 rings (SSSR count). The highest BCUT2D eigenvalue weighted by Crippen LogP contribution is 2.25. The predicted molar refractivity (Wildman–Crippen MR) is 115 cm³/mol. The average Bonchev–Trinajstić information content (AvgIpc) is 3.16. The standard InChI is InChI=1S/C23H27FN4O.ClH/c24-18-5-3-15(4-6-18)16-1-2-17-14-22(28-21(17)13-16)23(29)27-12-11-26-20-9-7-19(25)8-10-20;/h1-6,13-14,19-20,26,28H,7-12,25H2,(H,27,29);1H. The van der Waals surface area contributed by atoms with Gasteiger partial charge in [0.15, 0.2) is 0 Å². The van der Waals surface area contributed by atoms with E-state index in [1.54, 1.807) is 12.1 Å². The Morgan fingerprint density at radius 1 is 1.03 bits per heavy atom. The molecular formula is C23H28ClFN4O. The summed E-state index contributed by atoms with van der Waals surface area (Å²) in [4.78, 5) is 15.7. The number of hydrogen-bond donors (Lipinski definition) is 4. The lowest BCUT2D eigenvalue weighted by molar-refractivity contribution is -0.0000148. The molecular weight excluding hydrogens is 403 g/mol. The molecule has 0 unspecified atom stereocenters. The first-order valence-corrected chi connectivity index (χ1v) is 10.2. The molecule has 3 aromatic rings. The Morgan fingerprint density at radius 2 is 1.73 bits per heavy atom. The number of hydrogen-bond acceptors (Lipinski definition) is 3. The van der Waals surface area contributed by atoms with Crippen molar-refractivity contribution in [1.29, 1.82) is 0 Å². The monoisotopic (exact) mass is 430 g/mol. The summed E-state index contributed by atoms with van der Waals surface area (Å²) in [5.74, 6) is -0.368. The lowest BCUT2D eigenvalue weighted by atomic mass is 9.92. The minimum atomic E-state index is -0.254. The maximum absolute atomic E-state index is 13.1. The lowest BCUT2D eigenvalue weighted by Crippen LogP contribution is -3.00. The van der Waals surface area contributed by atoms with Gasteiger partial charge < -0.3 is 33.8 Å². The summed E-state index contributed by atoms with van der Waals surface area (Å²) >= 11 is 0. The third-order valence-corrected chi connectivity index (χ3v) is 5.66. The first-order valence-electron chi connectivity index (χ1n) is 10.2. The van der Waals surface area contributed by atoms with Crippen molar-refractivity contribution < 1.29 is 23.0 Å². The number of carbonyl (C=O) groups is 1. The van der Waals surface area contributed by atoms with E-state index in [-0.39, 0.29) is 25.6 Å². The van der Waals surface area contributed by atoms with Crippen LogP contribution in [0.3, 0.4) is 0 Å². The molecule has 2 aromatic carbocycles.